The van der Waals surface area contributed by atoms with Gasteiger partial charge in [0, 0.05) is 37.0 Å². The minimum Gasteiger partial charge on any atom is -0.395 e. The van der Waals surface area contributed by atoms with Crippen LogP contribution in [-0.2, 0) is 4.79 Å². The second kappa shape index (κ2) is 7.40. The summed E-state index contributed by atoms with van der Waals surface area (Å²) in [7, 11) is 0. The summed E-state index contributed by atoms with van der Waals surface area (Å²) in [5, 5.41) is 25.0. The van der Waals surface area contributed by atoms with Gasteiger partial charge in [-0.25, -0.2) is 4.68 Å². The number of nitrogens with zero attached hydrogens (tertiary/aromatic N) is 5. The number of aromatic nitrogens is 3. The first kappa shape index (κ1) is 18.7. The highest BCUT2D eigenvalue weighted by molar-refractivity contribution is 5.91. The molecule has 0 radical (unpaired) electrons. The first-order chi connectivity index (χ1) is 14.0. The molecule has 1 atom stereocenters. The van der Waals surface area contributed by atoms with Crippen molar-refractivity contribution in [3.8, 4) is 11.3 Å². The van der Waals surface area contributed by atoms with Gasteiger partial charge in [0.15, 0.2) is 0 Å². The largest absolute Gasteiger partial charge is 0.395 e. The summed E-state index contributed by atoms with van der Waals surface area (Å²) in [6, 6.07) is 8.31. The Morgan fingerprint density at radius 2 is 2.07 bits per heavy atom. The second-order valence-corrected chi connectivity index (χ2v) is 6.66. The molecule has 1 N–H and O–H groups in total. The quantitative estimate of drug-likeness (QED) is 0.506. The molecule has 148 valence electrons. The van der Waals surface area contributed by atoms with E-state index in [1.54, 1.807) is 18.2 Å². The van der Waals surface area contributed by atoms with Crippen LogP contribution in [-0.4, -0.2) is 55.3 Å². The van der Waals surface area contributed by atoms with Gasteiger partial charge in [-0.1, -0.05) is 12.1 Å². The van der Waals surface area contributed by atoms with Crippen LogP contribution in [0.25, 0.3) is 22.2 Å². The fourth-order valence-electron chi connectivity index (χ4n) is 3.56. The van der Waals surface area contributed by atoms with Gasteiger partial charge in [0.25, 0.3) is 11.2 Å². The van der Waals surface area contributed by atoms with Gasteiger partial charge in [0.2, 0.25) is 5.91 Å². The molecule has 0 spiro atoms. The third-order valence-electron chi connectivity index (χ3n) is 4.94. The van der Waals surface area contributed by atoms with Crippen LogP contribution in [0.3, 0.4) is 0 Å². The number of nitro benzene ring substituents is 1. The third-order valence-corrected chi connectivity index (χ3v) is 4.94. The van der Waals surface area contributed by atoms with E-state index in [2.05, 4.69) is 10.1 Å². The van der Waals surface area contributed by atoms with Crippen molar-refractivity contribution in [2.75, 3.05) is 19.7 Å². The molecular weight excluding hydrogens is 378 g/mol. The molecule has 3 heterocycles. The number of rotatable bonds is 5. The normalized spacial score (nSPS) is 16.5. The van der Waals surface area contributed by atoms with Crippen molar-refractivity contribution in [1.82, 2.24) is 19.7 Å². The van der Waals surface area contributed by atoms with Gasteiger partial charge in [-0.3, -0.25) is 24.7 Å². The summed E-state index contributed by atoms with van der Waals surface area (Å²) in [6.07, 6.45) is 1.89. The SMILES string of the molecule is O=C1C(n2nc(-c3cccc([N+](=O)[O-])c3)c3ncccc3c2=O)CCN1CCO. The number of nitro groups is 1. The molecule has 3 aromatic rings. The summed E-state index contributed by atoms with van der Waals surface area (Å²) in [4.78, 5) is 42.1. The Morgan fingerprint density at radius 1 is 1.24 bits per heavy atom. The molecule has 29 heavy (non-hydrogen) atoms. The maximum atomic E-state index is 13.0. The Bertz CT molecular complexity index is 1180. The molecule has 1 amide bonds. The van der Waals surface area contributed by atoms with Crippen LogP contribution >= 0.6 is 0 Å². The van der Waals surface area contributed by atoms with Crippen molar-refractivity contribution < 1.29 is 14.8 Å². The Hall–Kier alpha value is -3.66. The van der Waals surface area contributed by atoms with E-state index in [-0.39, 0.29) is 35.8 Å². The number of aliphatic hydroxyl groups is 1. The lowest BCUT2D eigenvalue weighted by molar-refractivity contribution is -0.384. The number of pyridine rings is 1. The summed E-state index contributed by atoms with van der Waals surface area (Å²) in [5.74, 6) is -0.290. The molecule has 1 unspecified atom stereocenters. The van der Waals surface area contributed by atoms with Crippen LogP contribution in [0.5, 0.6) is 0 Å². The van der Waals surface area contributed by atoms with Crippen LogP contribution in [0.15, 0.2) is 47.4 Å². The predicted molar refractivity (Wildman–Crippen MR) is 103 cm³/mol. The molecule has 1 fully saturated rings. The fraction of sp³-hybridized carbons (Fsp3) is 0.263. The number of hydrogen-bond donors (Lipinski definition) is 1. The topological polar surface area (TPSA) is 131 Å². The zero-order valence-electron chi connectivity index (χ0n) is 15.3. The highest BCUT2D eigenvalue weighted by Crippen LogP contribution is 2.28. The lowest BCUT2D eigenvalue weighted by Crippen LogP contribution is -2.35. The van der Waals surface area contributed by atoms with Gasteiger partial charge < -0.3 is 10.0 Å². The van der Waals surface area contributed by atoms with E-state index in [1.807, 2.05) is 0 Å². The van der Waals surface area contributed by atoms with Gasteiger partial charge in [-0.05, 0) is 18.6 Å². The number of β-amino-alcohol motifs (C(OH)–C–C–N with tert-alkyl or cyclic N) is 1. The van der Waals surface area contributed by atoms with Crippen molar-refractivity contribution in [3.63, 3.8) is 0 Å². The smallest absolute Gasteiger partial charge is 0.277 e. The van der Waals surface area contributed by atoms with Gasteiger partial charge in [0.1, 0.15) is 17.3 Å². The van der Waals surface area contributed by atoms with E-state index in [9.17, 15) is 19.7 Å². The number of carbonyl (C=O) groups is 1. The van der Waals surface area contributed by atoms with Crippen LogP contribution < -0.4 is 5.56 Å². The highest BCUT2D eigenvalue weighted by atomic mass is 16.6. The summed E-state index contributed by atoms with van der Waals surface area (Å²) in [5.41, 5.74) is 0.460. The molecule has 2 aromatic heterocycles. The first-order valence-corrected chi connectivity index (χ1v) is 9.03. The van der Waals surface area contributed by atoms with E-state index < -0.39 is 16.5 Å². The van der Waals surface area contributed by atoms with Crippen LogP contribution in [0.1, 0.15) is 12.5 Å². The predicted octanol–water partition coefficient (Wildman–Crippen LogP) is 1.13. The molecule has 4 rings (SSSR count). The van der Waals surface area contributed by atoms with E-state index in [4.69, 9.17) is 5.11 Å². The van der Waals surface area contributed by atoms with E-state index in [0.29, 0.717) is 24.0 Å². The summed E-state index contributed by atoms with van der Waals surface area (Å²) < 4.78 is 1.14. The average Bonchev–Trinajstić information content (AvgIpc) is 3.09. The minimum atomic E-state index is -0.795. The molecule has 10 nitrogen and oxygen atoms in total. The second-order valence-electron chi connectivity index (χ2n) is 6.66. The van der Waals surface area contributed by atoms with Crippen molar-refractivity contribution in [2.45, 2.75) is 12.5 Å². The average molecular weight is 395 g/mol. The number of carbonyl (C=O) groups excluding carboxylic acids is 1. The Morgan fingerprint density at radius 3 is 2.83 bits per heavy atom. The third kappa shape index (κ3) is 3.23. The minimum absolute atomic E-state index is 0.114. The number of amides is 1. The first-order valence-electron chi connectivity index (χ1n) is 9.03. The Balaban J connectivity index is 1.91. The zero-order chi connectivity index (χ0) is 20.5. The molecule has 10 heteroatoms. The van der Waals surface area contributed by atoms with Gasteiger partial charge >= 0.3 is 0 Å². The van der Waals surface area contributed by atoms with Gasteiger partial charge in [0.05, 0.1) is 16.9 Å². The molecule has 0 saturated carbocycles. The van der Waals surface area contributed by atoms with Crippen molar-refractivity contribution in [3.05, 3.63) is 63.1 Å². The molecule has 1 aromatic carbocycles. The molecular formula is C19H17N5O5. The lowest BCUT2D eigenvalue weighted by Gasteiger charge is -2.17. The molecule has 1 aliphatic heterocycles. The molecule has 1 saturated heterocycles. The molecule has 0 bridgehead atoms. The van der Waals surface area contributed by atoms with Gasteiger partial charge in [-0.15, -0.1) is 0 Å². The van der Waals surface area contributed by atoms with Crippen molar-refractivity contribution in [2.24, 2.45) is 0 Å². The highest BCUT2D eigenvalue weighted by Gasteiger charge is 2.34. The standard InChI is InChI=1S/C19H17N5O5/c25-10-9-22-8-6-15(19(22)27)23-18(26)14-5-2-7-20-17(14)16(21-23)12-3-1-4-13(11-12)24(28)29/h1-5,7,11,15,25H,6,8-10H2. The zero-order valence-corrected chi connectivity index (χ0v) is 15.3. The summed E-state index contributed by atoms with van der Waals surface area (Å²) in [6.45, 7) is 0.438. The number of likely N-dealkylation sites (tertiary alicyclic amines) is 1. The number of aliphatic hydroxyl groups excluding tert-OH is 1. The van der Waals surface area contributed by atoms with Crippen LogP contribution in [0.2, 0.25) is 0 Å². The fourth-order valence-corrected chi connectivity index (χ4v) is 3.56. The maximum absolute atomic E-state index is 13.0. The molecule has 1 aliphatic rings. The number of hydrogen-bond acceptors (Lipinski definition) is 7. The maximum Gasteiger partial charge on any atom is 0.277 e. The monoisotopic (exact) mass is 395 g/mol. The van der Waals surface area contributed by atoms with E-state index in [0.717, 1.165) is 4.68 Å². The van der Waals surface area contributed by atoms with Crippen molar-refractivity contribution >= 4 is 22.5 Å². The lowest BCUT2D eigenvalue weighted by atomic mass is 10.1. The number of fused-ring (bicyclic) bond motifs is 1. The van der Waals surface area contributed by atoms with E-state index in [1.165, 1.54) is 29.3 Å². The van der Waals surface area contributed by atoms with Crippen LogP contribution in [0.4, 0.5) is 5.69 Å². The van der Waals surface area contributed by atoms with Crippen molar-refractivity contribution in [1.29, 1.82) is 0 Å². The Kier molecular flexibility index (Phi) is 4.77. The number of non-ortho nitro benzene ring substituents is 1. The summed E-state index contributed by atoms with van der Waals surface area (Å²) >= 11 is 0. The Labute approximate surface area is 164 Å². The van der Waals surface area contributed by atoms with Gasteiger partial charge in [-0.2, -0.15) is 5.10 Å². The van der Waals surface area contributed by atoms with Crippen LogP contribution in [0, 0.1) is 10.1 Å². The number of benzene rings is 1. The van der Waals surface area contributed by atoms with E-state index >= 15 is 0 Å². The molecule has 0 aliphatic carbocycles.